The van der Waals surface area contributed by atoms with Crippen molar-refractivity contribution in [3.8, 4) is 17.2 Å². The molecule has 23 heavy (non-hydrogen) atoms. The molecule has 0 spiro atoms. The summed E-state index contributed by atoms with van der Waals surface area (Å²) in [5.74, 6) is -0.0128. The number of carbonyl (C=O) groups excluding carboxylic acids is 1. The number of aromatic hydroxyl groups is 1. The van der Waals surface area contributed by atoms with E-state index in [1.807, 2.05) is 10.8 Å². The summed E-state index contributed by atoms with van der Waals surface area (Å²) in [6.45, 7) is -0.366. The number of ether oxygens (including phenoxy) is 1. The van der Waals surface area contributed by atoms with Gasteiger partial charge in [-0.2, -0.15) is 8.42 Å². The van der Waals surface area contributed by atoms with Gasteiger partial charge in [-0.3, -0.25) is 4.79 Å². The van der Waals surface area contributed by atoms with Gasteiger partial charge in [0.2, 0.25) is 0 Å². The maximum absolute atomic E-state index is 11.8. The third-order valence-electron chi connectivity index (χ3n) is 3.01. The fraction of sp³-hybridized carbons (Fsp3) is 0.0714. The molecule has 2 N–H and O–H groups in total. The van der Waals surface area contributed by atoms with Crippen molar-refractivity contribution in [3.05, 3.63) is 48.5 Å². The Labute approximate surface area is 175 Å². The van der Waals surface area contributed by atoms with Gasteiger partial charge in [-0.25, -0.2) is 9.03 Å². The Morgan fingerprint density at radius 2 is 1.78 bits per heavy atom. The summed E-state index contributed by atoms with van der Waals surface area (Å²) in [5.41, 5.74) is 0.0127. The monoisotopic (exact) mass is 360 g/mol. The molecule has 1 amide bonds. The molecular formula is C14H13KN2O5S. The van der Waals surface area contributed by atoms with Gasteiger partial charge in [-0.05, 0) is 24.3 Å². The molecule has 1 aliphatic heterocycles. The topological polar surface area (TPSA) is 95.9 Å². The summed E-state index contributed by atoms with van der Waals surface area (Å²) in [6, 6.07) is 13.1. The van der Waals surface area contributed by atoms with Gasteiger partial charge in [-0.15, -0.1) is 0 Å². The van der Waals surface area contributed by atoms with Gasteiger partial charge in [0.25, 0.3) is 5.91 Å². The van der Waals surface area contributed by atoms with Crippen molar-refractivity contribution in [1.82, 2.24) is 4.72 Å². The number of amides is 1. The molecule has 0 aliphatic carbocycles. The zero-order valence-electron chi connectivity index (χ0n) is 11.3. The number of hydrogen-bond donors (Lipinski definition) is 2. The normalized spacial score (nSPS) is 15.7. The number of benzene rings is 2. The van der Waals surface area contributed by atoms with Gasteiger partial charge in [0.1, 0.15) is 23.8 Å². The molecule has 1 heterocycles. The minimum absolute atomic E-state index is 0. The second-order valence-corrected chi connectivity index (χ2v) is 6.20. The first kappa shape index (κ1) is 18.2. The number of phenols is 1. The van der Waals surface area contributed by atoms with Crippen LogP contribution in [0.15, 0.2) is 48.5 Å². The number of carbonyl (C=O) groups is 1. The maximum atomic E-state index is 11.8. The van der Waals surface area contributed by atoms with Crippen LogP contribution in [0.5, 0.6) is 17.2 Å². The molecule has 0 aromatic heterocycles. The number of phenolic OH excluding ortho intramolecular Hbond substituents is 1. The average molecular weight is 360 g/mol. The predicted molar refractivity (Wildman–Crippen MR) is 86.2 cm³/mol. The molecule has 2 aromatic carbocycles. The first-order valence-electron chi connectivity index (χ1n) is 6.35. The van der Waals surface area contributed by atoms with E-state index in [4.69, 9.17) is 4.74 Å². The molecule has 116 valence electrons. The molecule has 0 unspecified atom stereocenters. The van der Waals surface area contributed by atoms with Gasteiger partial charge < -0.3 is 9.84 Å². The zero-order valence-corrected chi connectivity index (χ0v) is 12.1. The Morgan fingerprint density at radius 3 is 2.35 bits per heavy atom. The number of nitrogens with zero attached hydrogens (tertiary/aromatic N) is 1. The Balaban J connectivity index is 0.00000192. The summed E-state index contributed by atoms with van der Waals surface area (Å²) < 4.78 is 31.7. The quantitative estimate of drug-likeness (QED) is 0.786. The minimum atomic E-state index is -3.95. The van der Waals surface area contributed by atoms with Crippen LogP contribution >= 0.6 is 0 Å². The molecule has 1 fully saturated rings. The van der Waals surface area contributed by atoms with Gasteiger partial charge in [0, 0.05) is 6.07 Å². The van der Waals surface area contributed by atoms with E-state index in [0.29, 0.717) is 11.5 Å². The SMILES string of the molecule is O=C1CN(c2ccc(Oc3ccccc3)cc2O)S(=O)(=O)N1.[KH]. The summed E-state index contributed by atoms with van der Waals surface area (Å²) in [5, 5.41) is 10.0. The molecule has 1 aliphatic rings. The standard InChI is InChI=1S/C14H12N2O5S.K.H/c17-13-8-11(21-10-4-2-1-3-5-10)6-7-12(13)16-9-14(18)15-22(16,19)20;;/h1-8,17H,9H2,(H,15,18);;. The average Bonchev–Trinajstić information content (AvgIpc) is 2.73. The van der Waals surface area contributed by atoms with Crippen LogP contribution in [0.4, 0.5) is 5.69 Å². The Morgan fingerprint density at radius 1 is 1.09 bits per heavy atom. The molecule has 9 heteroatoms. The Hall–Kier alpha value is -1.10. The molecule has 3 rings (SSSR count). The predicted octanol–water partition coefficient (Wildman–Crippen LogP) is 0.717. The van der Waals surface area contributed by atoms with E-state index in [-0.39, 0.29) is 69.4 Å². The van der Waals surface area contributed by atoms with Crippen LogP contribution in [0, 0.1) is 0 Å². The van der Waals surface area contributed by atoms with E-state index in [2.05, 4.69) is 0 Å². The molecule has 2 aromatic rings. The van der Waals surface area contributed by atoms with Crippen molar-refractivity contribution >= 4 is 73.2 Å². The van der Waals surface area contributed by atoms with Crippen molar-refractivity contribution in [2.45, 2.75) is 0 Å². The number of rotatable bonds is 3. The van der Waals surface area contributed by atoms with Crippen LogP contribution < -0.4 is 13.8 Å². The second-order valence-electron chi connectivity index (χ2n) is 4.60. The molecular weight excluding hydrogens is 347 g/mol. The van der Waals surface area contributed by atoms with Crippen molar-refractivity contribution in [1.29, 1.82) is 0 Å². The van der Waals surface area contributed by atoms with Crippen molar-refractivity contribution in [2.24, 2.45) is 0 Å². The zero-order chi connectivity index (χ0) is 15.7. The summed E-state index contributed by atoms with van der Waals surface area (Å²) in [6.07, 6.45) is 0. The molecule has 0 saturated carbocycles. The van der Waals surface area contributed by atoms with E-state index in [1.165, 1.54) is 18.2 Å². The van der Waals surface area contributed by atoms with Crippen molar-refractivity contribution in [3.63, 3.8) is 0 Å². The Bertz CT molecular complexity index is 826. The van der Waals surface area contributed by atoms with E-state index in [1.54, 1.807) is 24.3 Å². The van der Waals surface area contributed by atoms with Gasteiger partial charge in [0.15, 0.2) is 0 Å². The third kappa shape index (κ3) is 4.05. The molecule has 1 saturated heterocycles. The van der Waals surface area contributed by atoms with E-state index < -0.39 is 16.1 Å². The van der Waals surface area contributed by atoms with Gasteiger partial charge in [0.05, 0.1) is 5.69 Å². The van der Waals surface area contributed by atoms with E-state index in [9.17, 15) is 18.3 Å². The summed E-state index contributed by atoms with van der Waals surface area (Å²) >= 11 is 0. The molecule has 0 radical (unpaired) electrons. The number of para-hydroxylation sites is 1. The van der Waals surface area contributed by atoms with Crippen LogP contribution in [-0.4, -0.2) is 77.4 Å². The van der Waals surface area contributed by atoms with Crippen LogP contribution in [0.1, 0.15) is 0 Å². The third-order valence-corrected chi connectivity index (χ3v) is 4.41. The summed E-state index contributed by atoms with van der Waals surface area (Å²) in [7, 11) is -3.95. The summed E-state index contributed by atoms with van der Waals surface area (Å²) in [4.78, 5) is 11.2. The van der Waals surface area contributed by atoms with E-state index >= 15 is 0 Å². The molecule has 0 bridgehead atoms. The molecule has 0 atom stereocenters. The van der Waals surface area contributed by atoms with Crippen molar-refractivity contribution < 1.29 is 23.1 Å². The fourth-order valence-corrected chi connectivity index (χ4v) is 3.23. The number of anilines is 1. The van der Waals surface area contributed by atoms with Crippen LogP contribution in [0.25, 0.3) is 0 Å². The van der Waals surface area contributed by atoms with Crippen LogP contribution in [0.3, 0.4) is 0 Å². The molecule has 7 nitrogen and oxygen atoms in total. The van der Waals surface area contributed by atoms with E-state index in [0.717, 1.165) is 4.31 Å². The first-order chi connectivity index (χ1) is 10.5. The second kappa shape index (κ2) is 7.20. The number of nitrogens with one attached hydrogen (secondary N) is 1. The van der Waals surface area contributed by atoms with Crippen molar-refractivity contribution in [2.75, 3.05) is 10.8 Å². The van der Waals surface area contributed by atoms with Crippen LogP contribution in [-0.2, 0) is 15.0 Å². The first-order valence-corrected chi connectivity index (χ1v) is 7.79. The Kier molecular flexibility index (Phi) is 5.71. The fourth-order valence-electron chi connectivity index (χ4n) is 2.06. The number of hydrogen-bond acceptors (Lipinski definition) is 5. The van der Waals surface area contributed by atoms with Crippen LogP contribution in [0.2, 0.25) is 0 Å². The van der Waals surface area contributed by atoms with Gasteiger partial charge in [-0.1, -0.05) is 18.2 Å². The van der Waals surface area contributed by atoms with Gasteiger partial charge >= 0.3 is 61.6 Å².